The van der Waals surface area contributed by atoms with E-state index >= 15 is 0 Å². The van der Waals surface area contributed by atoms with Crippen LogP contribution >= 0.6 is 0 Å². The smallest absolute Gasteiger partial charge is 0.0181 e. The zero-order valence-electron chi connectivity index (χ0n) is 12.7. The Hall–Kier alpha value is -1.56. The third kappa shape index (κ3) is 4.90. The predicted octanol–water partition coefficient (Wildman–Crippen LogP) is 5.89. The van der Waals surface area contributed by atoms with Crippen molar-refractivity contribution in [2.24, 2.45) is 0 Å². The summed E-state index contributed by atoms with van der Waals surface area (Å²) < 4.78 is 0. The molecule has 0 unspecified atom stereocenters. The van der Waals surface area contributed by atoms with Gasteiger partial charge in [0.1, 0.15) is 0 Å². The predicted molar refractivity (Wildman–Crippen MR) is 86.6 cm³/mol. The third-order valence-electron chi connectivity index (χ3n) is 3.03. The second kappa shape index (κ2) is 8.53. The van der Waals surface area contributed by atoms with Crippen molar-refractivity contribution < 1.29 is 0 Å². The number of hydrogen-bond acceptors (Lipinski definition) is 0. The van der Waals surface area contributed by atoms with E-state index in [1.165, 1.54) is 28.7 Å². The van der Waals surface area contributed by atoms with Gasteiger partial charge in [-0.3, -0.25) is 0 Å². The van der Waals surface area contributed by atoms with Crippen LogP contribution in [-0.4, -0.2) is 0 Å². The van der Waals surface area contributed by atoms with Crippen LogP contribution in [0.1, 0.15) is 45.2 Å². The lowest BCUT2D eigenvalue weighted by Crippen LogP contribution is -1.84. The summed E-state index contributed by atoms with van der Waals surface area (Å²) in [7, 11) is 0. The zero-order valence-corrected chi connectivity index (χ0v) is 12.7. The van der Waals surface area contributed by atoms with Gasteiger partial charge in [-0.15, -0.1) is 0 Å². The molecule has 0 aliphatic heterocycles. The normalized spacial score (nSPS) is 9.68. The largest absolute Gasteiger partial charge is 0.0656 e. The topological polar surface area (TPSA) is 0 Å². The van der Waals surface area contributed by atoms with Crippen molar-refractivity contribution in [1.29, 1.82) is 0 Å². The second-order valence-corrected chi connectivity index (χ2v) is 4.81. The first-order valence-electron chi connectivity index (χ1n) is 7.43. The Bertz CT molecular complexity index is 466. The first-order valence-corrected chi connectivity index (χ1v) is 7.43. The molecule has 0 radical (unpaired) electrons. The average molecular weight is 254 g/mol. The molecule has 0 fully saturated rings. The molecule has 0 nitrogen and oxygen atoms in total. The summed E-state index contributed by atoms with van der Waals surface area (Å²) in [6, 6.07) is 17.6. The SMILES string of the molecule is CCC.CCc1ccc(-c2cccc(CC)c2)cc1. The van der Waals surface area contributed by atoms with Gasteiger partial charge in [-0.05, 0) is 35.1 Å². The van der Waals surface area contributed by atoms with Gasteiger partial charge in [0.15, 0.2) is 0 Å². The van der Waals surface area contributed by atoms with Crippen molar-refractivity contribution in [2.45, 2.75) is 47.0 Å². The van der Waals surface area contributed by atoms with Crippen LogP contribution in [0.25, 0.3) is 11.1 Å². The average Bonchev–Trinajstić information content (AvgIpc) is 2.48. The Balaban J connectivity index is 0.000000550. The third-order valence-corrected chi connectivity index (χ3v) is 3.03. The molecule has 19 heavy (non-hydrogen) atoms. The lowest BCUT2D eigenvalue weighted by Gasteiger charge is -2.05. The number of benzene rings is 2. The lowest BCUT2D eigenvalue weighted by molar-refractivity contribution is 1.09. The molecule has 0 heterocycles. The molecule has 0 aromatic heterocycles. The molecule has 0 saturated carbocycles. The summed E-state index contributed by atoms with van der Waals surface area (Å²) in [5.41, 5.74) is 5.43. The van der Waals surface area contributed by atoms with E-state index in [2.05, 4.69) is 76.2 Å². The minimum absolute atomic E-state index is 1.10. The maximum absolute atomic E-state index is 2.28. The van der Waals surface area contributed by atoms with Crippen molar-refractivity contribution in [3.63, 3.8) is 0 Å². The highest BCUT2D eigenvalue weighted by Crippen LogP contribution is 2.21. The number of hydrogen-bond donors (Lipinski definition) is 0. The van der Waals surface area contributed by atoms with E-state index in [1.54, 1.807) is 0 Å². The monoisotopic (exact) mass is 254 g/mol. The molecule has 0 aliphatic carbocycles. The van der Waals surface area contributed by atoms with Gasteiger partial charge in [0.2, 0.25) is 0 Å². The maximum Gasteiger partial charge on any atom is -0.0181 e. The molecule has 0 heteroatoms. The summed E-state index contributed by atoms with van der Waals surface area (Å²) in [5.74, 6) is 0. The molecule has 0 bridgehead atoms. The highest BCUT2D eigenvalue weighted by atomic mass is 14.0. The van der Waals surface area contributed by atoms with Crippen LogP contribution in [0.5, 0.6) is 0 Å². The molecule has 0 amide bonds. The molecule has 0 saturated heterocycles. The van der Waals surface area contributed by atoms with Gasteiger partial charge in [0, 0.05) is 0 Å². The highest BCUT2D eigenvalue weighted by Gasteiger charge is 1.98. The van der Waals surface area contributed by atoms with Crippen molar-refractivity contribution >= 4 is 0 Å². The van der Waals surface area contributed by atoms with Gasteiger partial charge in [0.25, 0.3) is 0 Å². The highest BCUT2D eigenvalue weighted by molar-refractivity contribution is 5.64. The zero-order chi connectivity index (χ0) is 14.1. The molecule has 2 aromatic rings. The van der Waals surface area contributed by atoms with Crippen molar-refractivity contribution in [1.82, 2.24) is 0 Å². The molecular formula is C19H26. The van der Waals surface area contributed by atoms with Gasteiger partial charge in [-0.25, -0.2) is 0 Å². The van der Waals surface area contributed by atoms with Gasteiger partial charge < -0.3 is 0 Å². The van der Waals surface area contributed by atoms with E-state index < -0.39 is 0 Å². The Labute approximate surface area is 118 Å². The van der Waals surface area contributed by atoms with E-state index in [0.717, 1.165) is 12.8 Å². The number of aryl methyl sites for hydroxylation is 2. The van der Waals surface area contributed by atoms with E-state index in [1.807, 2.05) is 0 Å². The van der Waals surface area contributed by atoms with Crippen molar-refractivity contribution in [3.05, 3.63) is 59.7 Å². The Morgan fingerprint density at radius 1 is 0.632 bits per heavy atom. The summed E-state index contributed by atoms with van der Waals surface area (Å²) in [4.78, 5) is 0. The van der Waals surface area contributed by atoms with Crippen LogP contribution in [0.15, 0.2) is 48.5 Å². The van der Waals surface area contributed by atoms with Crippen LogP contribution in [0.3, 0.4) is 0 Å². The van der Waals surface area contributed by atoms with Crippen LogP contribution in [0, 0.1) is 0 Å². The first kappa shape index (κ1) is 15.5. The molecular weight excluding hydrogens is 228 g/mol. The summed E-state index contributed by atoms with van der Waals surface area (Å²) in [5, 5.41) is 0. The van der Waals surface area contributed by atoms with E-state index in [-0.39, 0.29) is 0 Å². The quantitative estimate of drug-likeness (QED) is 0.640. The fraction of sp³-hybridized carbons (Fsp3) is 0.368. The van der Waals surface area contributed by atoms with Crippen LogP contribution in [0.2, 0.25) is 0 Å². The Kier molecular flexibility index (Phi) is 6.95. The van der Waals surface area contributed by atoms with Gasteiger partial charge in [0.05, 0.1) is 0 Å². The van der Waals surface area contributed by atoms with Gasteiger partial charge in [-0.1, -0.05) is 82.6 Å². The number of rotatable bonds is 3. The molecule has 2 aromatic carbocycles. The molecule has 102 valence electrons. The molecule has 2 rings (SSSR count). The summed E-state index contributed by atoms with van der Waals surface area (Å²) in [6.45, 7) is 8.63. The minimum Gasteiger partial charge on any atom is -0.0656 e. The van der Waals surface area contributed by atoms with Crippen molar-refractivity contribution in [3.8, 4) is 11.1 Å². The van der Waals surface area contributed by atoms with E-state index in [9.17, 15) is 0 Å². The first-order chi connectivity index (χ1) is 9.24. The summed E-state index contributed by atoms with van der Waals surface area (Å²) >= 11 is 0. The lowest BCUT2D eigenvalue weighted by atomic mass is 10.0. The van der Waals surface area contributed by atoms with Crippen LogP contribution < -0.4 is 0 Å². The van der Waals surface area contributed by atoms with Crippen LogP contribution in [-0.2, 0) is 12.8 Å². The minimum atomic E-state index is 1.10. The standard InChI is InChI=1S/C16H18.C3H8/c1-3-13-8-10-15(11-9-13)16-7-5-6-14(4-2)12-16;1-3-2/h5-12H,3-4H2,1-2H3;3H2,1-2H3. The second-order valence-electron chi connectivity index (χ2n) is 4.81. The van der Waals surface area contributed by atoms with E-state index in [0.29, 0.717) is 0 Å². The van der Waals surface area contributed by atoms with E-state index in [4.69, 9.17) is 0 Å². The molecule has 0 N–H and O–H groups in total. The van der Waals surface area contributed by atoms with Gasteiger partial charge in [-0.2, -0.15) is 0 Å². The van der Waals surface area contributed by atoms with Gasteiger partial charge >= 0.3 is 0 Å². The molecule has 0 aliphatic rings. The molecule has 0 atom stereocenters. The fourth-order valence-corrected chi connectivity index (χ4v) is 1.90. The molecule has 0 spiro atoms. The Morgan fingerprint density at radius 3 is 1.74 bits per heavy atom. The fourth-order valence-electron chi connectivity index (χ4n) is 1.90. The Morgan fingerprint density at radius 2 is 1.21 bits per heavy atom. The summed E-state index contributed by atoms with van der Waals surface area (Å²) in [6.07, 6.45) is 3.45. The van der Waals surface area contributed by atoms with Crippen molar-refractivity contribution in [2.75, 3.05) is 0 Å². The maximum atomic E-state index is 2.28. The van der Waals surface area contributed by atoms with Crippen LogP contribution in [0.4, 0.5) is 0 Å².